The molecule has 1 aliphatic carbocycles. The van der Waals surface area contributed by atoms with Crippen LogP contribution in [0.15, 0.2) is 30.6 Å². The molecule has 2 aliphatic heterocycles. The van der Waals surface area contributed by atoms with E-state index in [1.165, 1.54) is 18.5 Å². The summed E-state index contributed by atoms with van der Waals surface area (Å²) in [7, 11) is 0. The molecule has 6 rings (SSSR count). The lowest BCUT2D eigenvalue weighted by molar-refractivity contribution is -0.140. The molecule has 0 bridgehead atoms. The van der Waals surface area contributed by atoms with Crippen molar-refractivity contribution in [2.24, 2.45) is 11.8 Å². The second kappa shape index (κ2) is 7.66. The van der Waals surface area contributed by atoms with Crippen LogP contribution < -0.4 is 5.32 Å². The summed E-state index contributed by atoms with van der Waals surface area (Å²) in [5.41, 5.74) is 1.11. The zero-order chi connectivity index (χ0) is 22.7. The van der Waals surface area contributed by atoms with E-state index in [0.717, 1.165) is 56.3 Å². The van der Waals surface area contributed by atoms with E-state index < -0.39 is 11.9 Å². The fourth-order valence-electron chi connectivity index (χ4n) is 5.68. The summed E-state index contributed by atoms with van der Waals surface area (Å²) in [5, 5.41) is 3.65. The van der Waals surface area contributed by atoms with Gasteiger partial charge >= 0.3 is 6.18 Å². The largest absolute Gasteiger partial charge is 0.431 e. The van der Waals surface area contributed by atoms with Crippen molar-refractivity contribution in [2.75, 3.05) is 31.6 Å². The van der Waals surface area contributed by atoms with Crippen molar-refractivity contribution in [1.29, 1.82) is 0 Å². The molecule has 0 spiro atoms. The van der Waals surface area contributed by atoms with E-state index >= 15 is 0 Å². The van der Waals surface area contributed by atoms with Gasteiger partial charge in [-0.3, -0.25) is 4.90 Å². The summed E-state index contributed by atoms with van der Waals surface area (Å²) in [5.74, 6) is 0.956. The third-order valence-electron chi connectivity index (χ3n) is 7.30. The third kappa shape index (κ3) is 3.65. The lowest BCUT2D eigenvalue weighted by Gasteiger charge is -2.40. The van der Waals surface area contributed by atoms with Crippen molar-refractivity contribution < 1.29 is 22.3 Å². The first kappa shape index (κ1) is 20.9. The van der Waals surface area contributed by atoms with Crippen LogP contribution in [0.2, 0.25) is 0 Å². The molecule has 33 heavy (non-hydrogen) atoms. The molecule has 0 saturated carbocycles. The van der Waals surface area contributed by atoms with Gasteiger partial charge < -0.3 is 15.0 Å². The molecule has 0 radical (unpaired) electrons. The molecule has 2 saturated heterocycles. The number of aryl methyl sites for hydroxylation is 1. The average molecular weight is 461 g/mol. The number of H-pyrrole nitrogens is 1. The molecule has 2 aromatic heterocycles. The summed E-state index contributed by atoms with van der Waals surface area (Å²) < 4.78 is 59.7. The van der Waals surface area contributed by atoms with Crippen LogP contribution in [0.25, 0.3) is 11.0 Å². The maximum atomic E-state index is 14.3. The van der Waals surface area contributed by atoms with E-state index in [4.69, 9.17) is 4.74 Å². The summed E-state index contributed by atoms with van der Waals surface area (Å²) in [6, 6.07) is 5.58. The molecule has 10 heteroatoms. The van der Waals surface area contributed by atoms with Gasteiger partial charge in [0, 0.05) is 31.0 Å². The highest BCUT2D eigenvalue weighted by Gasteiger charge is 2.43. The summed E-state index contributed by atoms with van der Waals surface area (Å²) in [6.45, 7) is 3.32. The second-order valence-electron chi connectivity index (χ2n) is 9.25. The zero-order valence-electron chi connectivity index (χ0n) is 17.7. The smallest absolute Gasteiger partial charge is 0.381 e. The first-order valence-electron chi connectivity index (χ1n) is 11.1. The van der Waals surface area contributed by atoms with E-state index in [-0.39, 0.29) is 28.9 Å². The Kier molecular flexibility index (Phi) is 4.84. The van der Waals surface area contributed by atoms with Crippen LogP contribution in [-0.2, 0) is 17.3 Å². The van der Waals surface area contributed by atoms with Gasteiger partial charge in [-0.05, 0) is 42.2 Å². The van der Waals surface area contributed by atoms with Gasteiger partial charge in [0.15, 0.2) is 0 Å². The van der Waals surface area contributed by atoms with Crippen LogP contribution in [-0.4, -0.2) is 52.2 Å². The number of nitrogens with one attached hydrogen (secondary N) is 2. The van der Waals surface area contributed by atoms with Crippen LogP contribution in [0.1, 0.15) is 29.3 Å². The number of halogens is 4. The fourth-order valence-corrected chi connectivity index (χ4v) is 5.68. The Morgan fingerprint density at radius 3 is 2.64 bits per heavy atom. The SMILES string of the molecule is Fc1ccc2c(c1)[C@H](Nc1ncnc3[nH]c(C(F)(F)F)cc13)[C@@H](N1C[C@H]3COC[C@H]3C1)CC2. The van der Waals surface area contributed by atoms with Crippen molar-refractivity contribution in [3.63, 3.8) is 0 Å². The fraction of sp³-hybridized carbons (Fsp3) is 0.478. The predicted octanol–water partition coefficient (Wildman–Crippen LogP) is 4.16. The standard InChI is InChI=1S/C23H23F4N5O/c24-15-3-1-12-2-4-18(32-7-13-9-33-10-14(13)8-32)20(16(12)5-15)31-22-17-6-19(23(25,26)27)30-21(17)28-11-29-22/h1,3,5-6,11,13-14,18,20H,2,4,7-10H2,(H2,28,29,30,31)/t13-,14+,18-,20-/m0/s1. The molecule has 3 aliphatic rings. The number of rotatable bonds is 3. The number of nitrogens with zero attached hydrogens (tertiary/aromatic N) is 3. The molecule has 0 unspecified atom stereocenters. The molecular weight excluding hydrogens is 438 g/mol. The Morgan fingerprint density at radius 2 is 1.88 bits per heavy atom. The number of likely N-dealkylation sites (tertiary alicyclic amines) is 1. The lowest BCUT2D eigenvalue weighted by atomic mass is 9.83. The normalized spacial score (nSPS) is 27.6. The topological polar surface area (TPSA) is 66.1 Å². The number of anilines is 1. The van der Waals surface area contributed by atoms with Crippen LogP contribution in [0, 0.1) is 17.7 Å². The molecule has 4 heterocycles. The van der Waals surface area contributed by atoms with Gasteiger partial charge in [-0.1, -0.05) is 6.07 Å². The van der Waals surface area contributed by atoms with E-state index in [1.54, 1.807) is 6.07 Å². The Bertz CT molecular complexity index is 1180. The summed E-state index contributed by atoms with van der Waals surface area (Å²) in [6.07, 6.45) is -1.59. The highest BCUT2D eigenvalue weighted by atomic mass is 19.4. The van der Waals surface area contributed by atoms with Crippen LogP contribution in [0.4, 0.5) is 23.4 Å². The predicted molar refractivity (Wildman–Crippen MR) is 113 cm³/mol. The number of ether oxygens (including phenoxy) is 1. The monoisotopic (exact) mass is 461 g/mol. The van der Waals surface area contributed by atoms with Crippen LogP contribution >= 0.6 is 0 Å². The van der Waals surface area contributed by atoms with E-state index in [1.807, 2.05) is 0 Å². The van der Waals surface area contributed by atoms with Crippen molar-refractivity contribution in [3.05, 3.63) is 53.2 Å². The number of fused-ring (bicyclic) bond motifs is 3. The number of aromatic amines is 1. The molecule has 174 valence electrons. The molecule has 4 atom stereocenters. The Morgan fingerprint density at radius 1 is 1.09 bits per heavy atom. The van der Waals surface area contributed by atoms with Crippen molar-refractivity contribution in [2.45, 2.75) is 31.1 Å². The van der Waals surface area contributed by atoms with Gasteiger partial charge in [-0.15, -0.1) is 0 Å². The number of benzene rings is 1. The molecule has 6 nitrogen and oxygen atoms in total. The molecule has 2 N–H and O–H groups in total. The number of alkyl halides is 3. The molecular formula is C23H23F4N5O. The molecule has 0 amide bonds. The Labute approximate surface area is 187 Å². The van der Waals surface area contributed by atoms with Crippen molar-refractivity contribution in [1.82, 2.24) is 19.9 Å². The quantitative estimate of drug-likeness (QED) is 0.574. The third-order valence-corrected chi connectivity index (χ3v) is 7.30. The number of hydrogen-bond donors (Lipinski definition) is 2. The molecule has 3 aromatic rings. The minimum atomic E-state index is -4.52. The number of aromatic nitrogens is 3. The van der Waals surface area contributed by atoms with Gasteiger partial charge in [0.2, 0.25) is 0 Å². The van der Waals surface area contributed by atoms with Crippen LogP contribution in [0.3, 0.4) is 0 Å². The van der Waals surface area contributed by atoms with Gasteiger partial charge in [-0.2, -0.15) is 13.2 Å². The first-order chi connectivity index (χ1) is 15.9. The average Bonchev–Trinajstić information content (AvgIpc) is 3.48. The van der Waals surface area contributed by atoms with E-state index in [0.29, 0.717) is 17.7 Å². The maximum Gasteiger partial charge on any atom is 0.431 e. The highest BCUT2D eigenvalue weighted by molar-refractivity contribution is 5.88. The van der Waals surface area contributed by atoms with Crippen LogP contribution in [0.5, 0.6) is 0 Å². The van der Waals surface area contributed by atoms with Crippen molar-refractivity contribution >= 4 is 16.9 Å². The van der Waals surface area contributed by atoms with E-state index in [2.05, 4.69) is 25.2 Å². The maximum absolute atomic E-state index is 14.3. The lowest BCUT2D eigenvalue weighted by Crippen LogP contribution is -2.44. The second-order valence-corrected chi connectivity index (χ2v) is 9.25. The summed E-state index contributed by atoms with van der Waals surface area (Å²) >= 11 is 0. The van der Waals surface area contributed by atoms with Gasteiger partial charge in [0.25, 0.3) is 0 Å². The number of hydrogen-bond acceptors (Lipinski definition) is 5. The Balaban J connectivity index is 1.39. The minimum absolute atomic E-state index is 0.0657. The van der Waals surface area contributed by atoms with Gasteiger partial charge in [-0.25, -0.2) is 14.4 Å². The first-order valence-corrected chi connectivity index (χ1v) is 11.1. The van der Waals surface area contributed by atoms with Crippen molar-refractivity contribution in [3.8, 4) is 0 Å². The highest BCUT2D eigenvalue weighted by Crippen LogP contribution is 2.41. The zero-order valence-corrected chi connectivity index (χ0v) is 17.7. The van der Waals surface area contributed by atoms with Gasteiger partial charge in [0.05, 0.1) is 24.6 Å². The summed E-state index contributed by atoms with van der Waals surface area (Å²) in [4.78, 5) is 13.0. The molecule has 2 fully saturated rings. The molecule has 1 aromatic carbocycles. The van der Waals surface area contributed by atoms with E-state index in [9.17, 15) is 17.6 Å². The minimum Gasteiger partial charge on any atom is -0.381 e. The van der Waals surface area contributed by atoms with Gasteiger partial charge in [0.1, 0.15) is 29.3 Å². The Hall–Kier alpha value is -2.72.